The minimum Gasteiger partial charge on any atom is -0.330 e. The summed E-state index contributed by atoms with van der Waals surface area (Å²) >= 11 is 0. The summed E-state index contributed by atoms with van der Waals surface area (Å²) in [5, 5.41) is 0. The van der Waals surface area contributed by atoms with E-state index in [1.54, 1.807) is 0 Å². The summed E-state index contributed by atoms with van der Waals surface area (Å²) in [5.41, 5.74) is 4.76. The van der Waals surface area contributed by atoms with E-state index in [1.807, 2.05) is 0 Å². The third-order valence-corrected chi connectivity index (χ3v) is 0.569. The van der Waals surface area contributed by atoms with E-state index in [1.165, 1.54) is 0 Å². The maximum atomic E-state index is 11.6. The zero-order valence-corrected chi connectivity index (χ0v) is 4.13. The molecule has 48 valence electrons. The highest BCUT2D eigenvalue weighted by Crippen LogP contribution is 2.10. The first kappa shape index (κ1) is 7.49. The molecule has 0 atom stereocenters. The molecule has 0 saturated carbocycles. The standard InChI is InChI=1S/C4H6F3N/c5-3(1-2-8)4(6)7/h1-2,8H2. The molecule has 0 bridgehead atoms. The fourth-order valence-electron chi connectivity index (χ4n) is 0.221. The van der Waals surface area contributed by atoms with Crippen LogP contribution in [0.25, 0.3) is 0 Å². The lowest BCUT2D eigenvalue weighted by molar-refractivity contribution is 0.371. The van der Waals surface area contributed by atoms with Crippen molar-refractivity contribution in [1.29, 1.82) is 0 Å². The van der Waals surface area contributed by atoms with E-state index in [0.717, 1.165) is 0 Å². The monoisotopic (exact) mass is 125 g/mol. The Labute approximate surface area is 45.0 Å². The summed E-state index contributed by atoms with van der Waals surface area (Å²) in [6.07, 6.45) is -2.64. The van der Waals surface area contributed by atoms with E-state index < -0.39 is 11.9 Å². The van der Waals surface area contributed by atoms with Gasteiger partial charge in [0.05, 0.1) is 0 Å². The predicted molar refractivity (Wildman–Crippen MR) is 24.0 cm³/mol. The molecule has 0 fully saturated rings. The number of hydrogen-bond donors (Lipinski definition) is 1. The van der Waals surface area contributed by atoms with Crippen LogP contribution in [0.1, 0.15) is 6.42 Å². The highest BCUT2D eigenvalue weighted by atomic mass is 19.3. The molecule has 0 aliphatic rings. The number of halogens is 3. The zero-order chi connectivity index (χ0) is 6.57. The third-order valence-electron chi connectivity index (χ3n) is 0.569. The van der Waals surface area contributed by atoms with Crippen LogP contribution in [0.4, 0.5) is 13.2 Å². The molecule has 8 heavy (non-hydrogen) atoms. The van der Waals surface area contributed by atoms with Crippen molar-refractivity contribution in [3.8, 4) is 0 Å². The predicted octanol–water partition coefficient (Wildman–Crippen LogP) is 1.41. The van der Waals surface area contributed by atoms with E-state index in [4.69, 9.17) is 5.73 Å². The van der Waals surface area contributed by atoms with Crippen molar-refractivity contribution in [2.45, 2.75) is 6.42 Å². The smallest absolute Gasteiger partial charge is 0.301 e. The fourth-order valence-corrected chi connectivity index (χ4v) is 0.221. The van der Waals surface area contributed by atoms with Gasteiger partial charge < -0.3 is 5.73 Å². The molecule has 2 N–H and O–H groups in total. The SMILES string of the molecule is NCCC(F)=C(F)F. The molecule has 0 amide bonds. The van der Waals surface area contributed by atoms with Crippen LogP contribution in [0.5, 0.6) is 0 Å². The van der Waals surface area contributed by atoms with E-state index in [9.17, 15) is 13.2 Å². The van der Waals surface area contributed by atoms with Crippen molar-refractivity contribution in [2.24, 2.45) is 5.73 Å². The van der Waals surface area contributed by atoms with Crippen molar-refractivity contribution < 1.29 is 13.2 Å². The van der Waals surface area contributed by atoms with Crippen molar-refractivity contribution in [3.63, 3.8) is 0 Å². The van der Waals surface area contributed by atoms with Crippen LogP contribution in [0, 0.1) is 0 Å². The van der Waals surface area contributed by atoms with Gasteiger partial charge in [-0.1, -0.05) is 0 Å². The Morgan fingerprint density at radius 1 is 1.25 bits per heavy atom. The van der Waals surface area contributed by atoms with Gasteiger partial charge in [-0.3, -0.25) is 0 Å². The lowest BCUT2D eigenvalue weighted by atomic mass is 10.4. The lowest BCUT2D eigenvalue weighted by Crippen LogP contribution is -1.98. The summed E-state index contributed by atoms with van der Waals surface area (Å²) in [6.45, 7) is -0.0802. The van der Waals surface area contributed by atoms with E-state index in [2.05, 4.69) is 0 Å². The molecule has 0 spiro atoms. The molecule has 0 heterocycles. The van der Waals surface area contributed by atoms with E-state index >= 15 is 0 Å². The van der Waals surface area contributed by atoms with E-state index in [0.29, 0.717) is 0 Å². The summed E-state index contributed by atoms with van der Waals surface area (Å²) in [6, 6.07) is 0. The van der Waals surface area contributed by atoms with Crippen LogP contribution in [-0.4, -0.2) is 6.54 Å². The Bertz CT molecular complexity index is 95.5. The molecule has 0 aromatic heterocycles. The number of nitrogens with two attached hydrogens (primary N) is 1. The van der Waals surface area contributed by atoms with Crippen molar-refractivity contribution in [2.75, 3.05) is 6.54 Å². The van der Waals surface area contributed by atoms with Crippen LogP contribution in [-0.2, 0) is 0 Å². The second-order valence-electron chi connectivity index (χ2n) is 1.20. The summed E-state index contributed by atoms with van der Waals surface area (Å²) in [7, 11) is 0. The van der Waals surface area contributed by atoms with Crippen molar-refractivity contribution in [3.05, 3.63) is 11.9 Å². The largest absolute Gasteiger partial charge is 0.330 e. The molecular formula is C4H6F3N. The van der Waals surface area contributed by atoms with Gasteiger partial charge in [-0.25, -0.2) is 4.39 Å². The summed E-state index contributed by atoms with van der Waals surface area (Å²) in [4.78, 5) is 0. The first-order chi connectivity index (χ1) is 3.68. The summed E-state index contributed by atoms with van der Waals surface area (Å²) in [5.74, 6) is -1.41. The fraction of sp³-hybridized carbons (Fsp3) is 0.500. The van der Waals surface area contributed by atoms with Crippen molar-refractivity contribution in [1.82, 2.24) is 0 Å². The van der Waals surface area contributed by atoms with Gasteiger partial charge in [-0.05, 0) is 6.54 Å². The van der Waals surface area contributed by atoms with Gasteiger partial charge in [-0.15, -0.1) is 0 Å². The Morgan fingerprint density at radius 3 is 1.88 bits per heavy atom. The first-order valence-electron chi connectivity index (χ1n) is 2.08. The maximum Gasteiger partial charge on any atom is 0.301 e. The van der Waals surface area contributed by atoms with Crippen LogP contribution < -0.4 is 5.73 Å². The van der Waals surface area contributed by atoms with Gasteiger partial charge in [0.1, 0.15) is 0 Å². The molecule has 0 aliphatic heterocycles. The van der Waals surface area contributed by atoms with Crippen LogP contribution in [0.15, 0.2) is 11.9 Å². The molecule has 0 saturated heterocycles. The maximum absolute atomic E-state index is 11.6. The molecule has 4 heteroatoms. The first-order valence-corrected chi connectivity index (χ1v) is 2.08. The minimum absolute atomic E-state index is 0.0802. The quantitative estimate of drug-likeness (QED) is 0.593. The third kappa shape index (κ3) is 2.63. The average molecular weight is 125 g/mol. The Hall–Kier alpha value is -0.510. The molecule has 0 rings (SSSR count). The van der Waals surface area contributed by atoms with Gasteiger partial charge in [-0.2, -0.15) is 8.78 Å². The second kappa shape index (κ2) is 3.49. The number of rotatable bonds is 2. The normalized spacial score (nSPS) is 9.00. The van der Waals surface area contributed by atoms with E-state index in [-0.39, 0.29) is 13.0 Å². The van der Waals surface area contributed by atoms with Gasteiger partial charge in [0.25, 0.3) is 0 Å². The Kier molecular flexibility index (Phi) is 3.26. The van der Waals surface area contributed by atoms with Crippen molar-refractivity contribution >= 4 is 0 Å². The molecule has 0 radical (unpaired) electrons. The highest BCUT2D eigenvalue weighted by Gasteiger charge is 2.01. The average Bonchev–Trinajstić information content (AvgIpc) is 1.67. The molecule has 1 nitrogen and oxygen atoms in total. The molecule has 0 aromatic carbocycles. The van der Waals surface area contributed by atoms with Gasteiger partial charge >= 0.3 is 6.08 Å². The lowest BCUT2D eigenvalue weighted by Gasteiger charge is -1.87. The highest BCUT2D eigenvalue weighted by molar-refractivity contribution is 4.90. The van der Waals surface area contributed by atoms with Crippen LogP contribution >= 0.6 is 0 Å². The molecular weight excluding hydrogens is 119 g/mol. The second-order valence-corrected chi connectivity index (χ2v) is 1.20. The Balaban J connectivity index is 3.62. The van der Waals surface area contributed by atoms with Gasteiger partial charge in [0.2, 0.25) is 0 Å². The summed E-state index contributed by atoms with van der Waals surface area (Å²) < 4.78 is 33.7. The topological polar surface area (TPSA) is 26.0 Å². The number of hydrogen-bond acceptors (Lipinski definition) is 1. The van der Waals surface area contributed by atoms with Crippen LogP contribution in [0.3, 0.4) is 0 Å². The molecule has 0 unspecified atom stereocenters. The zero-order valence-electron chi connectivity index (χ0n) is 4.13. The minimum atomic E-state index is -2.27. The Morgan fingerprint density at radius 2 is 1.75 bits per heavy atom. The van der Waals surface area contributed by atoms with Crippen LogP contribution in [0.2, 0.25) is 0 Å². The van der Waals surface area contributed by atoms with Gasteiger partial charge in [0, 0.05) is 6.42 Å². The van der Waals surface area contributed by atoms with Gasteiger partial charge in [0.15, 0.2) is 5.83 Å². The molecule has 0 aromatic rings. The molecule has 0 aliphatic carbocycles.